The zero-order chi connectivity index (χ0) is 14.4. The fourth-order valence-corrected chi connectivity index (χ4v) is 1.83. The molecule has 0 bridgehead atoms. The Bertz CT molecular complexity index is 269. The van der Waals surface area contributed by atoms with Crippen molar-refractivity contribution in [3.05, 3.63) is 0 Å². The van der Waals surface area contributed by atoms with Crippen molar-refractivity contribution in [2.24, 2.45) is 0 Å². The van der Waals surface area contributed by atoms with Crippen LogP contribution < -0.4 is 0 Å². The molecule has 0 radical (unpaired) electrons. The molecule has 0 spiro atoms. The lowest BCUT2D eigenvalue weighted by Gasteiger charge is -2.26. The molecule has 0 aliphatic carbocycles. The average Bonchev–Trinajstić information content (AvgIpc) is 2.21. The van der Waals surface area contributed by atoms with Gasteiger partial charge in [0, 0.05) is 18.6 Å². The summed E-state index contributed by atoms with van der Waals surface area (Å²) in [6, 6.07) is 0. The molecule has 0 aromatic rings. The number of hydrogen-bond donors (Lipinski definition) is 0. The summed E-state index contributed by atoms with van der Waals surface area (Å²) in [5, 5.41) is -0.224. The monoisotopic (exact) mass is 296 g/mol. The van der Waals surface area contributed by atoms with Crippen molar-refractivity contribution < 1.29 is 31.1 Å². The summed E-state index contributed by atoms with van der Waals surface area (Å²) in [6.45, 7) is 1.58. The third-order valence-corrected chi connectivity index (χ3v) is 3.24. The number of alkyl halides is 6. The summed E-state index contributed by atoms with van der Waals surface area (Å²) in [5.74, 6) is -9.22. The fraction of sp³-hybridized carbons (Fsp3) is 0.900. The van der Waals surface area contributed by atoms with Crippen molar-refractivity contribution in [2.75, 3.05) is 5.75 Å². The lowest BCUT2D eigenvalue weighted by Crippen LogP contribution is -2.42. The molecular weight excluding hydrogens is 282 g/mol. The maximum Gasteiger partial charge on any atom is 0.315 e. The van der Waals surface area contributed by atoms with Crippen LogP contribution in [0.5, 0.6) is 0 Å². The van der Waals surface area contributed by atoms with Gasteiger partial charge < -0.3 is 0 Å². The highest BCUT2D eigenvalue weighted by atomic mass is 32.2. The van der Waals surface area contributed by atoms with Gasteiger partial charge >= 0.3 is 11.8 Å². The van der Waals surface area contributed by atoms with E-state index in [4.69, 9.17) is 0 Å². The molecule has 0 aromatic heterocycles. The van der Waals surface area contributed by atoms with Crippen LogP contribution in [0.2, 0.25) is 0 Å². The van der Waals surface area contributed by atoms with E-state index >= 15 is 0 Å². The minimum Gasteiger partial charge on any atom is -0.287 e. The molecule has 0 aliphatic heterocycles. The van der Waals surface area contributed by atoms with Gasteiger partial charge in [0.25, 0.3) is 0 Å². The molecule has 1 nitrogen and oxygen atoms in total. The molecule has 0 atom stereocenters. The first-order valence-electron chi connectivity index (χ1n) is 5.32. The molecule has 0 fully saturated rings. The Morgan fingerprint density at radius 1 is 1.17 bits per heavy atom. The maximum atomic E-state index is 13.0. The van der Waals surface area contributed by atoms with Crippen molar-refractivity contribution in [1.82, 2.24) is 0 Å². The van der Waals surface area contributed by atoms with Gasteiger partial charge in [0.2, 0.25) is 6.43 Å². The SMILES string of the molecule is CCC(=O)SCCCC(F)(F)C(F)(F)CC(F)F. The van der Waals surface area contributed by atoms with E-state index in [0.717, 1.165) is 11.8 Å². The average molecular weight is 296 g/mol. The summed E-state index contributed by atoms with van der Waals surface area (Å²) in [5.41, 5.74) is 0. The van der Waals surface area contributed by atoms with E-state index in [-0.39, 0.29) is 23.7 Å². The van der Waals surface area contributed by atoms with Crippen LogP contribution in [0.25, 0.3) is 0 Å². The summed E-state index contributed by atoms with van der Waals surface area (Å²) in [4.78, 5) is 10.8. The van der Waals surface area contributed by atoms with E-state index < -0.39 is 31.1 Å². The lowest BCUT2D eigenvalue weighted by atomic mass is 10.0. The predicted molar refractivity (Wildman–Crippen MR) is 57.5 cm³/mol. The van der Waals surface area contributed by atoms with Crippen molar-refractivity contribution in [2.45, 2.75) is 50.9 Å². The molecular formula is C10H14F6OS. The van der Waals surface area contributed by atoms with Gasteiger partial charge in [0.15, 0.2) is 5.12 Å². The second kappa shape index (κ2) is 7.25. The third-order valence-electron chi connectivity index (χ3n) is 2.13. The Morgan fingerprint density at radius 2 is 1.72 bits per heavy atom. The molecule has 0 unspecified atom stereocenters. The predicted octanol–water partition coefficient (Wildman–Crippen LogP) is 4.36. The van der Waals surface area contributed by atoms with Crippen molar-refractivity contribution >= 4 is 16.9 Å². The molecule has 18 heavy (non-hydrogen) atoms. The van der Waals surface area contributed by atoms with Gasteiger partial charge in [-0.25, -0.2) is 8.78 Å². The Labute approximate surface area is 105 Å². The van der Waals surface area contributed by atoms with Crippen LogP contribution >= 0.6 is 11.8 Å². The van der Waals surface area contributed by atoms with Gasteiger partial charge in [-0.05, 0) is 6.42 Å². The van der Waals surface area contributed by atoms with Gasteiger partial charge in [-0.15, -0.1) is 0 Å². The van der Waals surface area contributed by atoms with E-state index in [1.54, 1.807) is 6.92 Å². The smallest absolute Gasteiger partial charge is 0.287 e. The summed E-state index contributed by atoms with van der Waals surface area (Å²) >= 11 is 0.776. The first kappa shape index (κ1) is 17.6. The molecule has 0 N–H and O–H groups in total. The number of rotatable bonds is 8. The Morgan fingerprint density at radius 3 is 2.17 bits per heavy atom. The first-order chi connectivity index (χ1) is 8.12. The normalized spacial score (nSPS) is 13.1. The maximum absolute atomic E-state index is 13.0. The number of carbonyl (C=O) groups excluding carboxylic acids is 1. The van der Waals surface area contributed by atoms with Gasteiger partial charge in [0.1, 0.15) is 0 Å². The molecule has 108 valence electrons. The number of halogens is 6. The topological polar surface area (TPSA) is 17.1 Å². The molecule has 0 heterocycles. The second-order valence-corrected chi connectivity index (χ2v) is 4.83. The van der Waals surface area contributed by atoms with Crippen molar-refractivity contribution in [3.8, 4) is 0 Å². The molecule has 0 aliphatic rings. The molecule has 0 saturated heterocycles. The van der Waals surface area contributed by atoms with Crippen LogP contribution in [0.15, 0.2) is 0 Å². The van der Waals surface area contributed by atoms with Gasteiger partial charge in [0.05, 0.1) is 6.42 Å². The molecule has 0 rings (SSSR count). The van der Waals surface area contributed by atoms with Crippen LogP contribution in [-0.2, 0) is 4.79 Å². The van der Waals surface area contributed by atoms with Crippen molar-refractivity contribution in [1.29, 1.82) is 0 Å². The van der Waals surface area contributed by atoms with E-state index in [1.165, 1.54) is 0 Å². The number of hydrogen-bond acceptors (Lipinski definition) is 2. The van der Waals surface area contributed by atoms with E-state index in [2.05, 4.69) is 0 Å². The first-order valence-corrected chi connectivity index (χ1v) is 6.30. The summed E-state index contributed by atoms with van der Waals surface area (Å²) in [6.07, 6.45) is -6.95. The lowest BCUT2D eigenvalue weighted by molar-refractivity contribution is -0.226. The van der Waals surface area contributed by atoms with Crippen molar-refractivity contribution in [3.63, 3.8) is 0 Å². The summed E-state index contributed by atoms with van der Waals surface area (Å²) < 4.78 is 75.1. The highest BCUT2D eigenvalue weighted by molar-refractivity contribution is 8.13. The zero-order valence-electron chi connectivity index (χ0n) is 9.70. The molecule has 0 aromatic carbocycles. The Kier molecular flexibility index (Phi) is 7.09. The molecule has 0 amide bonds. The molecule has 0 saturated carbocycles. The Hall–Kier alpha value is -0.400. The molecule has 8 heteroatoms. The largest absolute Gasteiger partial charge is 0.315 e. The van der Waals surface area contributed by atoms with E-state index in [1.807, 2.05) is 0 Å². The highest BCUT2D eigenvalue weighted by Gasteiger charge is 2.56. The minimum absolute atomic E-state index is 0.0208. The van der Waals surface area contributed by atoms with E-state index in [9.17, 15) is 31.1 Å². The van der Waals surface area contributed by atoms with Crippen LogP contribution in [0, 0.1) is 0 Å². The second-order valence-electron chi connectivity index (χ2n) is 3.68. The summed E-state index contributed by atoms with van der Waals surface area (Å²) in [7, 11) is 0. The minimum atomic E-state index is -4.72. The van der Waals surface area contributed by atoms with Crippen LogP contribution in [0.3, 0.4) is 0 Å². The van der Waals surface area contributed by atoms with Crippen LogP contribution in [-0.4, -0.2) is 29.1 Å². The number of carbonyl (C=O) groups is 1. The van der Waals surface area contributed by atoms with Gasteiger partial charge in [-0.1, -0.05) is 18.7 Å². The van der Waals surface area contributed by atoms with Crippen LogP contribution in [0.4, 0.5) is 26.3 Å². The van der Waals surface area contributed by atoms with E-state index in [0.29, 0.717) is 0 Å². The zero-order valence-corrected chi connectivity index (χ0v) is 10.5. The standard InChI is InChI=1S/C10H14F6OS/c1-2-8(17)18-5-3-4-9(13,14)10(15,16)6-7(11)12/h7H,2-6H2,1H3. The van der Waals surface area contributed by atoms with Crippen LogP contribution in [0.1, 0.15) is 32.6 Å². The number of thioether (sulfide) groups is 1. The fourth-order valence-electron chi connectivity index (χ4n) is 1.11. The van der Waals surface area contributed by atoms with Gasteiger partial charge in [-0.2, -0.15) is 17.6 Å². The van der Waals surface area contributed by atoms with Gasteiger partial charge in [-0.3, -0.25) is 4.79 Å². The highest BCUT2D eigenvalue weighted by Crippen LogP contribution is 2.41. The third kappa shape index (κ3) is 5.97. The Balaban J connectivity index is 4.17. The quantitative estimate of drug-likeness (QED) is 0.489.